The number of nitrogens with one attached hydrogen (secondary N) is 1. The monoisotopic (exact) mass is 209 g/mol. The van der Waals surface area contributed by atoms with Crippen LogP contribution in [0.25, 0.3) is 0 Å². The molecule has 2 heterocycles. The molecule has 2 rings (SSSR count). The first kappa shape index (κ1) is 10.1. The second-order valence-electron chi connectivity index (χ2n) is 3.03. The van der Waals surface area contributed by atoms with Crippen molar-refractivity contribution in [3.63, 3.8) is 0 Å². The highest BCUT2D eigenvalue weighted by atomic mass is 33.1. The number of hydrogen-bond donors (Lipinski definition) is 1. The number of hydrogen-bond acceptors (Lipinski definition) is 3. The summed E-state index contributed by atoms with van der Waals surface area (Å²) in [6.07, 6.45) is 2.86. The molecule has 0 aliphatic carbocycles. The van der Waals surface area contributed by atoms with Crippen molar-refractivity contribution in [3.8, 4) is 0 Å². The first-order valence-electron chi connectivity index (χ1n) is 3.94. The predicted octanol–water partition coefficient (Wildman–Crippen LogP) is 1.86. The zero-order chi connectivity index (χ0) is 6.81. The molecule has 2 atom stereocenters. The van der Waals surface area contributed by atoms with E-state index < -0.39 is 0 Å². The van der Waals surface area contributed by atoms with Gasteiger partial charge in [-0.2, -0.15) is 13.5 Å². The van der Waals surface area contributed by atoms with Gasteiger partial charge in [-0.05, 0) is 25.3 Å². The molecule has 0 radical (unpaired) electrons. The van der Waals surface area contributed by atoms with Crippen molar-refractivity contribution in [2.45, 2.75) is 18.9 Å². The van der Waals surface area contributed by atoms with Crippen LogP contribution in [0.4, 0.5) is 0 Å². The number of fused-ring (bicyclic) bond motifs is 1. The lowest BCUT2D eigenvalue weighted by Crippen LogP contribution is -2.45. The molecule has 2 fully saturated rings. The highest BCUT2D eigenvalue weighted by molar-refractivity contribution is 8.76. The Morgan fingerprint density at radius 3 is 2.82 bits per heavy atom. The molecule has 2 aliphatic heterocycles. The van der Waals surface area contributed by atoms with Gasteiger partial charge in [-0.25, -0.2) is 0 Å². The van der Waals surface area contributed by atoms with Gasteiger partial charge in [0.1, 0.15) is 0 Å². The van der Waals surface area contributed by atoms with E-state index in [1.165, 1.54) is 30.9 Å². The zero-order valence-electron chi connectivity index (χ0n) is 6.51. The lowest BCUT2D eigenvalue weighted by atomic mass is 9.94. The van der Waals surface area contributed by atoms with Gasteiger partial charge in [0, 0.05) is 17.5 Å². The van der Waals surface area contributed by atoms with Crippen molar-refractivity contribution >= 4 is 35.1 Å². The van der Waals surface area contributed by atoms with Crippen LogP contribution in [0, 0.1) is 5.92 Å². The number of rotatable bonds is 0. The minimum atomic E-state index is 0. The first-order chi connectivity index (χ1) is 4.97. The molecule has 0 saturated carbocycles. The minimum absolute atomic E-state index is 0. The Balaban J connectivity index is 0.000000605. The molecular formula is C7H15NS3. The van der Waals surface area contributed by atoms with Gasteiger partial charge in [0.2, 0.25) is 0 Å². The first-order valence-corrected chi connectivity index (χ1v) is 6.43. The fourth-order valence-electron chi connectivity index (χ4n) is 1.67. The van der Waals surface area contributed by atoms with E-state index in [1.54, 1.807) is 0 Å². The summed E-state index contributed by atoms with van der Waals surface area (Å²) in [7, 11) is 4.09. The van der Waals surface area contributed by atoms with Crippen LogP contribution in [-0.4, -0.2) is 24.1 Å². The summed E-state index contributed by atoms with van der Waals surface area (Å²) >= 11 is 0. The molecular weight excluding hydrogens is 194 g/mol. The Kier molecular flexibility index (Phi) is 4.49. The molecule has 66 valence electrons. The van der Waals surface area contributed by atoms with Crippen molar-refractivity contribution < 1.29 is 0 Å². The van der Waals surface area contributed by atoms with Crippen LogP contribution in [0.1, 0.15) is 12.8 Å². The topological polar surface area (TPSA) is 12.0 Å². The van der Waals surface area contributed by atoms with Gasteiger partial charge in [0.25, 0.3) is 0 Å². The molecule has 1 nitrogen and oxygen atoms in total. The molecule has 0 aromatic rings. The predicted molar refractivity (Wildman–Crippen MR) is 59.8 cm³/mol. The third kappa shape index (κ3) is 2.47. The van der Waals surface area contributed by atoms with Crippen molar-refractivity contribution in [1.29, 1.82) is 0 Å². The average Bonchev–Trinajstić information content (AvgIpc) is 2.05. The highest BCUT2D eigenvalue weighted by Crippen LogP contribution is 2.36. The molecule has 0 bridgehead atoms. The quantitative estimate of drug-likeness (QED) is 0.612. The smallest absolute Gasteiger partial charge is 0.0202 e. The van der Waals surface area contributed by atoms with E-state index in [2.05, 4.69) is 16.1 Å². The van der Waals surface area contributed by atoms with Gasteiger partial charge in [-0.3, -0.25) is 0 Å². The second-order valence-corrected chi connectivity index (χ2v) is 5.58. The van der Waals surface area contributed by atoms with Crippen LogP contribution in [0.2, 0.25) is 0 Å². The minimum Gasteiger partial charge on any atom is -0.313 e. The molecule has 0 aromatic carbocycles. The average molecular weight is 209 g/mol. The fraction of sp³-hybridized carbons (Fsp3) is 1.00. The molecule has 0 unspecified atom stereocenters. The molecule has 11 heavy (non-hydrogen) atoms. The van der Waals surface area contributed by atoms with Gasteiger partial charge in [0.15, 0.2) is 0 Å². The third-order valence-corrected chi connectivity index (χ3v) is 4.88. The molecule has 0 aromatic heterocycles. The summed E-state index contributed by atoms with van der Waals surface area (Å²) < 4.78 is 0. The summed E-state index contributed by atoms with van der Waals surface area (Å²) in [5.74, 6) is 3.69. The second kappa shape index (κ2) is 4.90. The Morgan fingerprint density at radius 1 is 1.18 bits per heavy atom. The van der Waals surface area contributed by atoms with Gasteiger partial charge in [0.05, 0.1) is 0 Å². The molecule has 0 amide bonds. The van der Waals surface area contributed by atoms with Crippen LogP contribution in [-0.2, 0) is 0 Å². The standard InChI is InChI=1S/C7H13NS2.H2S/c1-2-6-4-9-10-5-7(6)8-3-1;/h6-8H,1-5H2;1H2/t6-,7-;/m1./s1. The van der Waals surface area contributed by atoms with E-state index in [9.17, 15) is 0 Å². The molecule has 2 saturated heterocycles. The molecule has 2 aliphatic rings. The normalized spacial score (nSPS) is 37.1. The highest BCUT2D eigenvalue weighted by Gasteiger charge is 2.27. The summed E-state index contributed by atoms with van der Waals surface area (Å²) in [5, 5.41) is 3.59. The maximum atomic E-state index is 3.59. The fourth-order valence-corrected chi connectivity index (χ4v) is 4.52. The van der Waals surface area contributed by atoms with E-state index >= 15 is 0 Å². The van der Waals surface area contributed by atoms with E-state index in [1.807, 2.05) is 10.8 Å². The van der Waals surface area contributed by atoms with Gasteiger partial charge in [-0.1, -0.05) is 21.6 Å². The van der Waals surface area contributed by atoms with Crippen LogP contribution in [0.5, 0.6) is 0 Å². The lowest BCUT2D eigenvalue weighted by Gasteiger charge is -2.35. The van der Waals surface area contributed by atoms with Crippen molar-refractivity contribution in [2.75, 3.05) is 18.1 Å². The van der Waals surface area contributed by atoms with Gasteiger partial charge in [-0.15, -0.1) is 0 Å². The number of piperidine rings is 1. The van der Waals surface area contributed by atoms with Crippen LogP contribution in [0.15, 0.2) is 0 Å². The van der Waals surface area contributed by atoms with Crippen LogP contribution < -0.4 is 5.32 Å². The summed E-state index contributed by atoms with van der Waals surface area (Å²) in [4.78, 5) is 0. The van der Waals surface area contributed by atoms with Crippen molar-refractivity contribution in [1.82, 2.24) is 5.32 Å². The van der Waals surface area contributed by atoms with Crippen LogP contribution >= 0.6 is 35.1 Å². The Morgan fingerprint density at radius 2 is 2.00 bits per heavy atom. The van der Waals surface area contributed by atoms with E-state index in [0.29, 0.717) is 0 Å². The van der Waals surface area contributed by atoms with Crippen molar-refractivity contribution in [3.05, 3.63) is 0 Å². The molecule has 4 heteroatoms. The van der Waals surface area contributed by atoms with Gasteiger partial charge >= 0.3 is 0 Å². The SMILES string of the molecule is C1CN[C@@H]2CSSC[C@H]2C1.S. The largest absolute Gasteiger partial charge is 0.313 e. The summed E-state index contributed by atoms with van der Waals surface area (Å²) in [6.45, 7) is 1.26. The lowest BCUT2D eigenvalue weighted by molar-refractivity contribution is 0.327. The maximum Gasteiger partial charge on any atom is 0.0202 e. The van der Waals surface area contributed by atoms with E-state index in [-0.39, 0.29) is 13.5 Å². The molecule has 0 spiro atoms. The summed E-state index contributed by atoms with van der Waals surface area (Å²) in [5.41, 5.74) is 0. The van der Waals surface area contributed by atoms with E-state index in [4.69, 9.17) is 0 Å². The Labute approximate surface area is 83.3 Å². The Bertz CT molecular complexity index is 94.3. The maximum absolute atomic E-state index is 3.59. The summed E-state index contributed by atoms with van der Waals surface area (Å²) in [6, 6.07) is 0.847. The van der Waals surface area contributed by atoms with Gasteiger partial charge < -0.3 is 5.32 Å². The van der Waals surface area contributed by atoms with Crippen LogP contribution in [0.3, 0.4) is 0 Å². The third-order valence-electron chi connectivity index (χ3n) is 2.34. The Hall–Kier alpha value is 1.01. The molecule has 1 N–H and O–H groups in total. The zero-order valence-corrected chi connectivity index (χ0v) is 9.14. The van der Waals surface area contributed by atoms with Crippen molar-refractivity contribution in [2.24, 2.45) is 5.92 Å². The van der Waals surface area contributed by atoms with E-state index in [0.717, 1.165) is 12.0 Å².